The number of rotatable bonds is 5. The van der Waals surface area contributed by atoms with Gasteiger partial charge in [0.25, 0.3) is 0 Å². The Bertz CT molecular complexity index is 595. The molecule has 1 aromatic heterocycles. The summed E-state index contributed by atoms with van der Waals surface area (Å²) in [5.41, 5.74) is 1.62. The van der Waals surface area contributed by atoms with Crippen LogP contribution in [0.2, 0.25) is 0 Å². The fourth-order valence-electron chi connectivity index (χ4n) is 1.83. The van der Waals surface area contributed by atoms with E-state index >= 15 is 0 Å². The van der Waals surface area contributed by atoms with Gasteiger partial charge in [-0.25, -0.2) is 4.39 Å². The van der Waals surface area contributed by atoms with Crippen LogP contribution in [0.25, 0.3) is 11.3 Å². The number of carbonyl (C=O) groups is 1. The van der Waals surface area contributed by atoms with Crippen molar-refractivity contribution in [1.82, 2.24) is 9.78 Å². The Hall–Kier alpha value is -1.49. The van der Waals surface area contributed by atoms with Gasteiger partial charge in [-0.15, -0.1) is 0 Å². The molecule has 0 saturated carbocycles. The molecular formula is C14H14BrFN2O. The lowest BCUT2D eigenvalue weighted by Gasteiger charge is -2.01. The van der Waals surface area contributed by atoms with Crippen LogP contribution in [0, 0.1) is 5.82 Å². The minimum Gasteiger partial charge on any atom is -0.298 e. The maximum absolute atomic E-state index is 13.5. The van der Waals surface area contributed by atoms with Gasteiger partial charge in [0.1, 0.15) is 11.5 Å². The SMILES string of the molecule is CCCCn1cc(C=O)c(-c2ccc(Br)c(F)c2)n1. The number of nitrogens with zero attached hydrogens (tertiary/aromatic N) is 2. The number of hydrogen-bond donors (Lipinski definition) is 0. The summed E-state index contributed by atoms with van der Waals surface area (Å²) >= 11 is 3.11. The zero-order valence-corrected chi connectivity index (χ0v) is 12.2. The molecule has 0 atom stereocenters. The van der Waals surface area contributed by atoms with Crippen molar-refractivity contribution in [2.45, 2.75) is 26.3 Å². The van der Waals surface area contributed by atoms with Gasteiger partial charge in [-0.1, -0.05) is 19.4 Å². The number of aldehydes is 1. The number of hydrogen-bond acceptors (Lipinski definition) is 2. The van der Waals surface area contributed by atoms with Gasteiger partial charge >= 0.3 is 0 Å². The van der Waals surface area contributed by atoms with Crippen LogP contribution >= 0.6 is 15.9 Å². The number of benzene rings is 1. The summed E-state index contributed by atoms with van der Waals surface area (Å²) in [6, 6.07) is 4.74. The predicted octanol–water partition coefficient (Wildman–Crippen LogP) is 4.06. The Kier molecular flexibility index (Phi) is 4.47. The highest BCUT2D eigenvalue weighted by Crippen LogP contribution is 2.25. The quantitative estimate of drug-likeness (QED) is 0.777. The zero-order valence-electron chi connectivity index (χ0n) is 10.6. The number of halogens is 2. The van der Waals surface area contributed by atoms with Crippen molar-refractivity contribution < 1.29 is 9.18 Å². The summed E-state index contributed by atoms with van der Waals surface area (Å²) in [5.74, 6) is -0.363. The van der Waals surface area contributed by atoms with Crippen molar-refractivity contribution >= 4 is 22.2 Å². The van der Waals surface area contributed by atoms with Gasteiger partial charge in [-0.3, -0.25) is 9.48 Å². The van der Waals surface area contributed by atoms with E-state index in [1.165, 1.54) is 6.07 Å². The molecule has 19 heavy (non-hydrogen) atoms. The molecule has 0 spiro atoms. The second kappa shape index (κ2) is 6.10. The number of aryl methyl sites for hydroxylation is 1. The first-order valence-electron chi connectivity index (χ1n) is 6.13. The van der Waals surface area contributed by atoms with Gasteiger partial charge in [-0.05, 0) is 34.5 Å². The Balaban J connectivity index is 2.39. The molecule has 0 bridgehead atoms. The van der Waals surface area contributed by atoms with Crippen LogP contribution in [-0.4, -0.2) is 16.1 Å². The third-order valence-electron chi connectivity index (χ3n) is 2.85. The minimum atomic E-state index is -0.363. The third-order valence-corrected chi connectivity index (χ3v) is 3.49. The van der Waals surface area contributed by atoms with Crippen LogP contribution in [0.1, 0.15) is 30.1 Å². The normalized spacial score (nSPS) is 10.7. The molecule has 2 rings (SSSR count). The van der Waals surface area contributed by atoms with Gasteiger partial charge < -0.3 is 0 Å². The Labute approximate surface area is 119 Å². The van der Waals surface area contributed by atoms with Crippen LogP contribution < -0.4 is 0 Å². The molecule has 0 radical (unpaired) electrons. The van der Waals surface area contributed by atoms with Gasteiger partial charge in [-0.2, -0.15) is 5.10 Å². The van der Waals surface area contributed by atoms with Gasteiger partial charge in [0.05, 0.1) is 10.0 Å². The summed E-state index contributed by atoms with van der Waals surface area (Å²) in [5, 5.41) is 4.36. The summed E-state index contributed by atoms with van der Waals surface area (Å²) in [7, 11) is 0. The van der Waals surface area contributed by atoms with Gasteiger partial charge in [0.2, 0.25) is 0 Å². The van der Waals surface area contributed by atoms with Crippen LogP contribution in [0.15, 0.2) is 28.9 Å². The lowest BCUT2D eigenvalue weighted by atomic mass is 10.1. The van der Waals surface area contributed by atoms with Crippen molar-refractivity contribution in [3.8, 4) is 11.3 Å². The standard InChI is InChI=1S/C14H14BrFN2O/c1-2-3-6-18-8-11(9-19)14(17-18)10-4-5-12(15)13(16)7-10/h4-5,7-9H,2-3,6H2,1H3. The van der Waals surface area contributed by atoms with Crippen molar-refractivity contribution in [2.24, 2.45) is 0 Å². The lowest BCUT2D eigenvalue weighted by Crippen LogP contribution is -1.98. The fourth-order valence-corrected chi connectivity index (χ4v) is 2.07. The monoisotopic (exact) mass is 324 g/mol. The molecule has 100 valence electrons. The van der Waals surface area contributed by atoms with Crippen LogP contribution in [-0.2, 0) is 6.54 Å². The van der Waals surface area contributed by atoms with E-state index in [0.717, 1.165) is 25.7 Å². The Morgan fingerprint density at radius 3 is 2.89 bits per heavy atom. The topological polar surface area (TPSA) is 34.9 Å². The number of carbonyl (C=O) groups excluding carboxylic acids is 1. The van der Waals surface area contributed by atoms with E-state index in [0.29, 0.717) is 21.3 Å². The Morgan fingerprint density at radius 2 is 2.26 bits per heavy atom. The molecule has 0 unspecified atom stereocenters. The molecule has 2 aromatic rings. The Morgan fingerprint density at radius 1 is 1.47 bits per heavy atom. The summed E-state index contributed by atoms with van der Waals surface area (Å²) in [6.07, 6.45) is 4.51. The highest BCUT2D eigenvalue weighted by molar-refractivity contribution is 9.10. The second-order valence-electron chi connectivity index (χ2n) is 4.30. The molecule has 0 aliphatic carbocycles. The highest BCUT2D eigenvalue weighted by atomic mass is 79.9. The molecule has 0 aliphatic heterocycles. The summed E-state index contributed by atoms with van der Waals surface area (Å²) in [6.45, 7) is 2.85. The van der Waals surface area contributed by atoms with E-state index in [1.54, 1.807) is 23.0 Å². The van der Waals surface area contributed by atoms with Crippen molar-refractivity contribution in [2.75, 3.05) is 0 Å². The molecule has 3 nitrogen and oxygen atoms in total. The average molecular weight is 325 g/mol. The van der Waals surface area contributed by atoms with E-state index in [4.69, 9.17) is 0 Å². The van der Waals surface area contributed by atoms with E-state index in [1.807, 2.05) is 0 Å². The number of unbranched alkanes of at least 4 members (excludes halogenated alkanes) is 1. The predicted molar refractivity (Wildman–Crippen MR) is 75.6 cm³/mol. The smallest absolute Gasteiger partial charge is 0.153 e. The number of aromatic nitrogens is 2. The van der Waals surface area contributed by atoms with Crippen LogP contribution in [0.5, 0.6) is 0 Å². The maximum Gasteiger partial charge on any atom is 0.153 e. The zero-order chi connectivity index (χ0) is 13.8. The molecule has 1 heterocycles. The molecule has 0 fully saturated rings. The van der Waals surface area contributed by atoms with Crippen molar-refractivity contribution in [1.29, 1.82) is 0 Å². The molecule has 0 N–H and O–H groups in total. The van der Waals surface area contributed by atoms with Gasteiger partial charge in [0, 0.05) is 18.3 Å². The molecule has 5 heteroatoms. The van der Waals surface area contributed by atoms with Crippen molar-refractivity contribution in [3.63, 3.8) is 0 Å². The van der Waals surface area contributed by atoms with Crippen molar-refractivity contribution in [3.05, 3.63) is 40.2 Å². The molecular weight excluding hydrogens is 311 g/mol. The van der Waals surface area contributed by atoms with Crippen LogP contribution in [0.4, 0.5) is 4.39 Å². The maximum atomic E-state index is 13.5. The van der Waals surface area contributed by atoms with E-state index in [-0.39, 0.29) is 5.82 Å². The lowest BCUT2D eigenvalue weighted by molar-refractivity contribution is 0.112. The molecule has 0 aliphatic rings. The largest absolute Gasteiger partial charge is 0.298 e. The molecule has 1 aromatic carbocycles. The first-order valence-corrected chi connectivity index (χ1v) is 6.93. The van der Waals surface area contributed by atoms with E-state index in [9.17, 15) is 9.18 Å². The minimum absolute atomic E-state index is 0.363. The summed E-state index contributed by atoms with van der Waals surface area (Å²) in [4.78, 5) is 11.1. The first kappa shape index (κ1) is 13.9. The molecule has 0 amide bonds. The fraction of sp³-hybridized carbons (Fsp3) is 0.286. The first-order chi connectivity index (χ1) is 9.15. The second-order valence-corrected chi connectivity index (χ2v) is 5.15. The molecule has 0 saturated heterocycles. The van der Waals surface area contributed by atoms with Crippen LogP contribution in [0.3, 0.4) is 0 Å². The summed E-state index contributed by atoms with van der Waals surface area (Å²) < 4.78 is 15.7. The highest BCUT2D eigenvalue weighted by Gasteiger charge is 2.12. The third kappa shape index (κ3) is 3.10. The average Bonchev–Trinajstić information content (AvgIpc) is 2.83. The van der Waals surface area contributed by atoms with Gasteiger partial charge in [0.15, 0.2) is 6.29 Å². The van der Waals surface area contributed by atoms with E-state index in [2.05, 4.69) is 28.0 Å². The van der Waals surface area contributed by atoms with E-state index < -0.39 is 0 Å².